The maximum absolute atomic E-state index is 11.5. The van der Waals surface area contributed by atoms with Crippen LogP contribution >= 0.6 is 0 Å². The minimum Gasteiger partial charge on any atom is -0.481 e. The van der Waals surface area contributed by atoms with E-state index in [4.69, 9.17) is 5.11 Å². The van der Waals surface area contributed by atoms with Crippen molar-refractivity contribution in [3.63, 3.8) is 0 Å². The second kappa shape index (κ2) is 8.10. The summed E-state index contributed by atoms with van der Waals surface area (Å²) >= 11 is 0. The van der Waals surface area contributed by atoms with Crippen LogP contribution < -0.4 is 10.6 Å². The van der Waals surface area contributed by atoms with E-state index >= 15 is 0 Å². The molecule has 1 rings (SSSR count). The SMILES string of the molecule is O=C(O)CCNC(=O)N[C@H](CO)Cc1ccccc1. The molecule has 0 aliphatic carbocycles. The summed E-state index contributed by atoms with van der Waals surface area (Å²) in [5.74, 6) is -0.969. The zero-order chi connectivity index (χ0) is 14.1. The van der Waals surface area contributed by atoms with Crippen LogP contribution in [0.2, 0.25) is 0 Å². The highest BCUT2D eigenvalue weighted by Crippen LogP contribution is 2.02. The number of carbonyl (C=O) groups is 2. The normalized spacial score (nSPS) is 11.6. The molecule has 0 fully saturated rings. The average molecular weight is 266 g/mol. The fourth-order valence-electron chi connectivity index (χ4n) is 1.58. The Morgan fingerprint density at radius 1 is 1.21 bits per heavy atom. The molecule has 0 spiro atoms. The standard InChI is InChI=1S/C13H18N2O4/c16-9-11(8-10-4-2-1-3-5-10)15-13(19)14-7-6-12(17)18/h1-5,11,16H,6-9H2,(H,17,18)(H2,14,15,19)/t11-/m0/s1. The number of aliphatic carboxylic acids is 1. The molecule has 6 nitrogen and oxygen atoms in total. The van der Waals surface area contributed by atoms with E-state index in [-0.39, 0.29) is 19.6 Å². The number of aliphatic hydroxyl groups is 1. The number of benzene rings is 1. The van der Waals surface area contributed by atoms with Crippen molar-refractivity contribution in [1.82, 2.24) is 10.6 Å². The molecule has 1 aromatic carbocycles. The van der Waals surface area contributed by atoms with Crippen LogP contribution in [-0.4, -0.2) is 41.4 Å². The fraction of sp³-hybridized carbons (Fsp3) is 0.385. The van der Waals surface area contributed by atoms with Crippen molar-refractivity contribution in [3.8, 4) is 0 Å². The molecular formula is C13H18N2O4. The maximum atomic E-state index is 11.5. The Hall–Kier alpha value is -2.08. The number of urea groups is 1. The molecule has 4 N–H and O–H groups in total. The number of nitrogens with one attached hydrogen (secondary N) is 2. The number of hydrogen-bond acceptors (Lipinski definition) is 3. The Labute approximate surface area is 111 Å². The van der Waals surface area contributed by atoms with Gasteiger partial charge in [-0.3, -0.25) is 4.79 Å². The van der Waals surface area contributed by atoms with Crippen molar-refractivity contribution < 1.29 is 19.8 Å². The van der Waals surface area contributed by atoms with E-state index in [2.05, 4.69) is 10.6 Å². The van der Waals surface area contributed by atoms with Gasteiger partial charge in [-0.05, 0) is 12.0 Å². The van der Waals surface area contributed by atoms with Crippen molar-refractivity contribution in [2.75, 3.05) is 13.2 Å². The van der Waals surface area contributed by atoms with Gasteiger partial charge in [-0.25, -0.2) is 4.79 Å². The van der Waals surface area contributed by atoms with Crippen molar-refractivity contribution in [1.29, 1.82) is 0 Å². The van der Waals surface area contributed by atoms with Crippen LogP contribution in [0.3, 0.4) is 0 Å². The number of amides is 2. The molecule has 0 unspecified atom stereocenters. The van der Waals surface area contributed by atoms with Gasteiger partial charge in [0.1, 0.15) is 0 Å². The fourth-order valence-corrected chi connectivity index (χ4v) is 1.58. The summed E-state index contributed by atoms with van der Waals surface area (Å²) in [6.45, 7) is -0.119. The summed E-state index contributed by atoms with van der Waals surface area (Å²) in [4.78, 5) is 21.7. The summed E-state index contributed by atoms with van der Waals surface area (Å²) in [7, 11) is 0. The van der Waals surface area contributed by atoms with Gasteiger partial charge in [-0.2, -0.15) is 0 Å². The monoisotopic (exact) mass is 266 g/mol. The van der Waals surface area contributed by atoms with Crippen LogP contribution in [0.4, 0.5) is 4.79 Å². The number of carbonyl (C=O) groups excluding carboxylic acids is 1. The van der Waals surface area contributed by atoms with E-state index in [1.54, 1.807) is 0 Å². The van der Waals surface area contributed by atoms with Gasteiger partial charge in [-0.15, -0.1) is 0 Å². The molecule has 0 bridgehead atoms. The lowest BCUT2D eigenvalue weighted by Crippen LogP contribution is -2.45. The van der Waals surface area contributed by atoms with Crippen molar-refractivity contribution >= 4 is 12.0 Å². The van der Waals surface area contributed by atoms with Crippen LogP contribution in [0.1, 0.15) is 12.0 Å². The largest absolute Gasteiger partial charge is 0.481 e. The van der Waals surface area contributed by atoms with Crippen molar-refractivity contribution in [3.05, 3.63) is 35.9 Å². The van der Waals surface area contributed by atoms with E-state index in [1.807, 2.05) is 30.3 Å². The van der Waals surface area contributed by atoms with E-state index in [0.29, 0.717) is 6.42 Å². The summed E-state index contributed by atoms with van der Waals surface area (Å²) in [5.41, 5.74) is 1.01. The molecule has 0 radical (unpaired) electrons. The Kier molecular flexibility index (Phi) is 6.38. The third kappa shape index (κ3) is 6.42. The molecule has 0 aliphatic heterocycles. The molecular weight excluding hydrogens is 248 g/mol. The maximum Gasteiger partial charge on any atom is 0.315 e. The first kappa shape index (κ1) is 15.0. The Morgan fingerprint density at radius 3 is 2.47 bits per heavy atom. The Balaban J connectivity index is 2.35. The molecule has 1 atom stereocenters. The highest BCUT2D eigenvalue weighted by atomic mass is 16.4. The van der Waals surface area contributed by atoms with E-state index in [0.717, 1.165) is 5.56 Å². The Bertz CT molecular complexity index is 408. The quantitative estimate of drug-likeness (QED) is 0.573. The Morgan fingerprint density at radius 2 is 1.89 bits per heavy atom. The van der Waals surface area contributed by atoms with Gasteiger partial charge in [0.05, 0.1) is 19.1 Å². The number of carboxylic acids is 1. The highest BCUT2D eigenvalue weighted by Gasteiger charge is 2.11. The first-order valence-corrected chi connectivity index (χ1v) is 6.02. The van der Waals surface area contributed by atoms with Gasteiger partial charge >= 0.3 is 12.0 Å². The molecule has 19 heavy (non-hydrogen) atoms. The predicted molar refractivity (Wildman–Crippen MR) is 69.8 cm³/mol. The zero-order valence-corrected chi connectivity index (χ0v) is 10.5. The van der Waals surface area contributed by atoms with E-state index < -0.39 is 18.0 Å². The molecule has 6 heteroatoms. The first-order chi connectivity index (χ1) is 9.11. The third-order valence-corrected chi connectivity index (χ3v) is 2.50. The van der Waals surface area contributed by atoms with Gasteiger partial charge in [0, 0.05) is 6.54 Å². The summed E-state index contributed by atoms with van der Waals surface area (Å²) < 4.78 is 0. The minimum absolute atomic E-state index is 0.0602. The lowest BCUT2D eigenvalue weighted by atomic mass is 10.1. The topological polar surface area (TPSA) is 98.7 Å². The number of rotatable bonds is 7. The smallest absolute Gasteiger partial charge is 0.315 e. The molecule has 0 aromatic heterocycles. The van der Waals surface area contributed by atoms with Crippen LogP contribution in [-0.2, 0) is 11.2 Å². The molecule has 0 aliphatic rings. The number of carboxylic acid groups (broad SMARTS) is 1. The van der Waals surface area contributed by atoms with Crippen molar-refractivity contribution in [2.24, 2.45) is 0 Å². The van der Waals surface area contributed by atoms with Gasteiger partial charge in [0.25, 0.3) is 0 Å². The number of aliphatic hydroxyl groups excluding tert-OH is 1. The van der Waals surface area contributed by atoms with Crippen LogP contribution in [0, 0.1) is 0 Å². The van der Waals surface area contributed by atoms with E-state index in [9.17, 15) is 14.7 Å². The number of hydrogen-bond donors (Lipinski definition) is 4. The minimum atomic E-state index is -0.969. The molecule has 104 valence electrons. The summed E-state index contributed by atoms with van der Waals surface area (Å²) in [6.07, 6.45) is 0.388. The van der Waals surface area contributed by atoms with Crippen LogP contribution in [0.25, 0.3) is 0 Å². The lowest BCUT2D eigenvalue weighted by molar-refractivity contribution is -0.136. The van der Waals surface area contributed by atoms with E-state index in [1.165, 1.54) is 0 Å². The molecule has 0 heterocycles. The second-order valence-electron chi connectivity index (χ2n) is 4.11. The van der Waals surface area contributed by atoms with Crippen LogP contribution in [0.15, 0.2) is 30.3 Å². The molecule has 1 aromatic rings. The van der Waals surface area contributed by atoms with Crippen LogP contribution in [0.5, 0.6) is 0 Å². The summed E-state index contributed by atoms with van der Waals surface area (Å²) in [6, 6.07) is 8.61. The molecule has 0 saturated carbocycles. The van der Waals surface area contributed by atoms with Gasteiger partial charge in [0.15, 0.2) is 0 Å². The van der Waals surface area contributed by atoms with Crippen molar-refractivity contribution in [2.45, 2.75) is 18.9 Å². The molecule has 2 amide bonds. The van der Waals surface area contributed by atoms with Gasteiger partial charge < -0.3 is 20.8 Å². The average Bonchev–Trinajstić information content (AvgIpc) is 2.38. The first-order valence-electron chi connectivity index (χ1n) is 6.02. The zero-order valence-electron chi connectivity index (χ0n) is 10.5. The summed E-state index contributed by atoms with van der Waals surface area (Å²) in [5, 5.41) is 22.7. The predicted octanol–water partition coefficient (Wildman–Crippen LogP) is 0.364. The second-order valence-corrected chi connectivity index (χ2v) is 4.11. The highest BCUT2D eigenvalue weighted by molar-refractivity contribution is 5.75. The van der Waals surface area contributed by atoms with Gasteiger partial charge in [0.2, 0.25) is 0 Å². The lowest BCUT2D eigenvalue weighted by Gasteiger charge is -2.16. The molecule has 0 saturated heterocycles. The van der Waals surface area contributed by atoms with Gasteiger partial charge in [-0.1, -0.05) is 30.3 Å². The third-order valence-electron chi connectivity index (χ3n) is 2.50.